The van der Waals surface area contributed by atoms with E-state index in [2.05, 4.69) is 25.7 Å². The molecule has 2 aromatic heterocycles. The molecule has 0 aliphatic heterocycles. The van der Waals surface area contributed by atoms with E-state index in [9.17, 15) is 4.79 Å². The Hall–Kier alpha value is -3.01. The number of benzene rings is 1. The van der Waals surface area contributed by atoms with Crippen molar-refractivity contribution in [3.8, 4) is 22.9 Å². The van der Waals surface area contributed by atoms with E-state index in [1.807, 2.05) is 32.0 Å². The average molecular weight is 389 g/mol. The summed E-state index contributed by atoms with van der Waals surface area (Å²) in [4.78, 5) is 16.2. The number of anilines is 1. The number of nitrogens with one attached hydrogen (secondary N) is 1. The number of hydrogen-bond donors (Lipinski definition) is 1. The zero-order chi connectivity index (χ0) is 19.1. The first-order chi connectivity index (χ1) is 13.2. The van der Waals surface area contributed by atoms with E-state index in [0.29, 0.717) is 48.0 Å². The predicted octanol–water partition coefficient (Wildman–Crippen LogP) is 2.96. The fraction of sp³-hybridized carbons (Fsp3) is 0.353. The van der Waals surface area contributed by atoms with Gasteiger partial charge in [-0.3, -0.25) is 4.79 Å². The second-order valence-corrected chi connectivity index (χ2v) is 6.16. The number of carbonyl (C=O) groups is 1. The highest BCUT2D eigenvalue weighted by Gasteiger charge is 2.14. The van der Waals surface area contributed by atoms with Crippen LogP contribution < -0.4 is 14.8 Å². The van der Waals surface area contributed by atoms with Gasteiger partial charge in [-0.05, 0) is 32.0 Å². The molecule has 3 rings (SSSR count). The topological polar surface area (TPSA) is 112 Å². The molecule has 1 N–H and O–H groups in total. The lowest BCUT2D eigenvalue weighted by atomic mass is 10.2. The molecule has 0 spiro atoms. The summed E-state index contributed by atoms with van der Waals surface area (Å²) in [6.45, 7) is 4.88. The molecule has 2 heterocycles. The van der Waals surface area contributed by atoms with Crippen molar-refractivity contribution in [2.24, 2.45) is 0 Å². The van der Waals surface area contributed by atoms with Crippen molar-refractivity contribution in [1.82, 2.24) is 20.3 Å². The van der Waals surface area contributed by atoms with Crippen LogP contribution in [-0.4, -0.2) is 39.5 Å². The molecule has 3 aromatic rings. The third-order valence-electron chi connectivity index (χ3n) is 3.44. The molecule has 0 bridgehead atoms. The van der Waals surface area contributed by atoms with Crippen LogP contribution in [0.15, 0.2) is 28.2 Å². The van der Waals surface area contributed by atoms with Gasteiger partial charge < -0.3 is 19.3 Å². The molecule has 1 aromatic carbocycles. The van der Waals surface area contributed by atoms with Gasteiger partial charge in [-0.1, -0.05) is 16.5 Å². The van der Waals surface area contributed by atoms with E-state index in [0.717, 1.165) is 5.56 Å². The summed E-state index contributed by atoms with van der Waals surface area (Å²) in [5.41, 5.74) is 2.29. The van der Waals surface area contributed by atoms with E-state index < -0.39 is 0 Å². The minimum atomic E-state index is -0.189. The van der Waals surface area contributed by atoms with Gasteiger partial charge in [0.05, 0.1) is 13.2 Å². The summed E-state index contributed by atoms with van der Waals surface area (Å²) in [5.74, 6) is 1.91. The van der Waals surface area contributed by atoms with Crippen molar-refractivity contribution >= 4 is 22.4 Å². The first-order valence-electron chi connectivity index (χ1n) is 8.48. The fourth-order valence-corrected chi connectivity index (χ4v) is 2.75. The Morgan fingerprint density at radius 1 is 1.22 bits per heavy atom. The van der Waals surface area contributed by atoms with Crippen LogP contribution in [0.3, 0.4) is 0 Å². The van der Waals surface area contributed by atoms with Crippen LogP contribution in [0.25, 0.3) is 11.4 Å². The van der Waals surface area contributed by atoms with Crippen LogP contribution in [0.2, 0.25) is 0 Å². The molecular weight excluding hydrogens is 370 g/mol. The second-order valence-electron chi connectivity index (χ2n) is 5.33. The van der Waals surface area contributed by atoms with Crippen molar-refractivity contribution in [3.05, 3.63) is 29.6 Å². The van der Waals surface area contributed by atoms with E-state index in [1.54, 1.807) is 5.51 Å². The zero-order valence-electron chi connectivity index (χ0n) is 15.0. The van der Waals surface area contributed by atoms with E-state index in [4.69, 9.17) is 14.0 Å². The van der Waals surface area contributed by atoms with Gasteiger partial charge in [-0.2, -0.15) is 4.98 Å². The van der Waals surface area contributed by atoms with Crippen molar-refractivity contribution in [3.63, 3.8) is 0 Å². The highest BCUT2D eigenvalue weighted by atomic mass is 32.1. The molecule has 0 radical (unpaired) electrons. The standard InChI is InChI=1S/C17H19N5O4S/c1-3-24-12-6-5-11(9-13(12)25-4-2)16-20-15(26-22-16)8-7-14(23)19-17-21-18-10-27-17/h5-6,9-10H,3-4,7-8H2,1-2H3,(H,19,21,23). The number of rotatable bonds is 9. The average Bonchev–Trinajstić information content (AvgIpc) is 3.34. The molecule has 0 aliphatic rings. The molecule has 0 saturated heterocycles. The molecule has 0 atom stereocenters. The number of nitrogens with zero attached hydrogens (tertiary/aromatic N) is 4. The Kier molecular flexibility index (Phi) is 6.31. The van der Waals surface area contributed by atoms with Crippen molar-refractivity contribution in [2.75, 3.05) is 18.5 Å². The Balaban J connectivity index is 1.64. The van der Waals surface area contributed by atoms with Crippen LogP contribution >= 0.6 is 11.3 Å². The largest absolute Gasteiger partial charge is 0.490 e. The molecule has 0 aliphatic carbocycles. The molecule has 27 heavy (non-hydrogen) atoms. The van der Waals surface area contributed by atoms with Gasteiger partial charge in [0.2, 0.25) is 22.8 Å². The first-order valence-corrected chi connectivity index (χ1v) is 9.36. The lowest BCUT2D eigenvalue weighted by Gasteiger charge is -2.11. The third-order valence-corrected chi connectivity index (χ3v) is 4.05. The number of aryl methyl sites for hydroxylation is 1. The maximum Gasteiger partial charge on any atom is 0.227 e. The second kappa shape index (κ2) is 9.08. The predicted molar refractivity (Wildman–Crippen MR) is 98.9 cm³/mol. The van der Waals surface area contributed by atoms with Crippen LogP contribution in [-0.2, 0) is 11.2 Å². The Morgan fingerprint density at radius 2 is 2.04 bits per heavy atom. The maximum absolute atomic E-state index is 11.9. The molecule has 10 heteroatoms. The lowest BCUT2D eigenvalue weighted by Crippen LogP contribution is -2.12. The maximum atomic E-state index is 11.9. The lowest BCUT2D eigenvalue weighted by molar-refractivity contribution is -0.116. The Bertz CT molecular complexity index is 881. The summed E-state index contributed by atoms with van der Waals surface area (Å²) in [7, 11) is 0. The first kappa shape index (κ1) is 18.8. The van der Waals surface area contributed by atoms with E-state index >= 15 is 0 Å². The van der Waals surface area contributed by atoms with Crippen LogP contribution in [0.5, 0.6) is 11.5 Å². The summed E-state index contributed by atoms with van der Waals surface area (Å²) in [5, 5.41) is 14.5. The van der Waals surface area contributed by atoms with E-state index in [-0.39, 0.29) is 12.3 Å². The summed E-state index contributed by atoms with van der Waals surface area (Å²) in [6, 6.07) is 5.46. The highest BCUT2D eigenvalue weighted by Crippen LogP contribution is 2.32. The van der Waals surface area contributed by atoms with Gasteiger partial charge in [0.1, 0.15) is 5.51 Å². The van der Waals surface area contributed by atoms with Gasteiger partial charge in [0.15, 0.2) is 11.5 Å². The van der Waals surface area contributed by atoms with Crippen molar-refractivity contribution in [1.29, 1.82) is 0 Å². The van der Waals surface area contributed by atoms with Crippen molar-refractivity contribution < 1.29 is 18.8 Å². The van der Waals surface area contributed by atoms with Crippen molar-refractivity contribution in [2.45, 2.75) is 26.7 Å². The molecule has 0 unspecified atom stereocenters. The Morgan fingerprint density at radius 3 is 2.78 bits per heavy atom. The number of amides is 1. The zero-order valence-corrected chi connectivity index (χ0v) is 15.8. The molecular formula is C17H19N5O4S. The van der Waals surface area contributed by atoms with Gasteiger partial charge >= 0.3 is 0 Å². The molecule has 142 valence electrons. The normalized spacial score (nSPS) is 10.6. The molecule has 1 amide bonds. The smallest absolute Gasteiger partial charge is 0.227 e. The molecule has 0 fully saturated rings. The number of aromatic nitrogens is 4. The number of carbonyl (C=O) groups excluding carboxylic acids is 1. The summed E-state index contributed by atoms with van der Waals surface area (Å²) < 4.78 is 16.4. The highest BCUT2D eigenvalue weighted by molar-refractivity contribution is 7.13. The summed E-state index contributed by atoms with van der Waals surface area (Å²) in [6.07, 6.45) is 0.529. The van der Waals surface area contributed by atoms with Gasteiger partial charge in [-0.15, -0.1) is 10.2 Å². The van der Waals surface area contributed by atoms with Crippen LogP contribution in [0, 0.1) is 0 Å². The minimum absolute atomic E-state index is 0.189. The van der Waals surface area contributed by atoms with Gasteiger partial charge in [-0.25, -0.2) is 0 Å². The molecule has 0 saturated carbocycles. The van der Waals surface area contributed by atoms with Crippen LogP contribution in [0.4, 0.5) is 5.13 Å². The number of ether oxygens (including phenoxy) is 2. The quantitative estimate of drug-likeness (QED) is 0.594. The molecule has 9 nitrogen and oxygen atoms in total. The summed E-state index contributed by atoms with van der Waals surface area (Å²) >= 11 is 1.26. The monoisotopic (exact) mass is 389 g/mol. The SMILES string of the molecule is CCOc1ccc(-c2noc(CCC(=O)Nc3nncs3)n2)cc1OCC. The van der Waals surface area contributed by atoms with Crippen LogP contribution in [0.1, 0.15) is 26.2 Å². The van der Waals surface area contributed by atoms with Gasteiger partial charge in [0, 0.05) is 18.4 Å². The number of hydrogen-bond acceptors (Lipinski definition) is 9. The fourth-order valence-electron chi connectivity index (χ4n) is 2.29. The Labute approximate surface area is 159 Å². The van der Waals surface area contributed by atoms with Gasteiger partial charge in [0.25, 0.3) is 0 Å². The van der Waals surface area contributed by atoms with E-state index in [1.165, 1.54) is 11.3 Å². The minimum Gasteiger partial charge on any atom is -0.490 e. The third kappa shape index (κ3) is 5.00.